The molecule has 130 valence electrons. The van der Waals surface area contributed by atoms with Gasteiger partial charge in [0.25, 0.3) is 5.56 Å². The molecule has 9 heteroatoms. The van der Waals surface area contributed by atoms with Crippen molar-refractivity contribution in [1.82, 2.24) is 23.7 Å². The Morgan fingerprint density at radius 3 is 2.73 bits per heavy atom. The van der Waals surface area contributed by atoms with Gasteiger partial charge in [0.1, 0.15) is 6.07 Å². The number of aryl methyl sites for hydroxylation is 2. The number of aromatic amines is 1. The summed E-state index contributed by atoms with van der Waals surface area (Å²) in [4.78, 5) is 32.8. The number of hydrogen-bond acceptors (Lipinski definition) is 4. The Kier molecular flexibility index (Phi) is 3.49. The number of rotatable bonds is 2. The van der Waals surface area contributed by atoms with Crippen molar-refractivity contribution in [2.75, 3.05) is 0 Å². The summed E-state index contributed by atoms with van der Waals surface area (Å²) in [5, 5.41) is 10.5. The van der Waals surface area contributed by atoms with Crippen LogP contribution >= 0.6 is 11.6 Å². The van der Waals surface area contributed by atoms with Crippen LogP contribution in [0.5, 0.6) is 0 Å². The molecule has 0 bridgehead atoms. The lowest BCUT2D eigenvalue weighted by Gasteiger charge is -2.07. The summed E-state index contributed by atoms with van der Waals surface area (Å²) in [5.74, 6) is 0.0715. The second kappa shape index (κ2) is 5.61. The largest absolute Gasteiger partial charge is 0.357 e. The second-order valence-electron chi connectivity index (χ2n) is 6.01. The third-order valence-electron chi connectivity index (χ3n) is 4.46. The molecule has 3 heterocycles. The van der Waals surface area contributed by atoms with E-state index in [1.807, 2.05) is 24.3 Å². The van der Waals surface area contributed by atoms with Crippen molar-refractivity contribution in [2.45, 2.75) is 6.54 Å². The Morgan fingerprint density at radius 2 is 2.04 bits per heavy atom. The summed E-state index contributed by atoms with van der Waals surface area (Å²) in [6.45, 7) is 0.0551. The van der Waals surface area contributed by atoms with Crippen molar-refractivity contribution in [3.63, 3.8) is 0 Å². The van der Waals surface area contributed by atoms with Crippen LogP contribution in [0.25, 0.3) is 22.1 Å². The number of nitrogens with zero attached hydrogens (tertiary/aromatic N) is 5. The zero-order valence-corrected chi connectivity index (χ0v) is 14.7. The number of imidazole rings is 1. The third kappa shape index (κ3) is 2.18. The number of aromatic nitrogens is 5. The van der Waals surface area contributed by atoms with Crippen LogP contribution in [-0.4, -0.2) is 23.7 Å². The number of benzene rings is 1. The Labute approximate surface area is 151 Å². The van der Waals surface area contributed by atoms with Crippen molar-refractivity contribution in [3.8, 4) is 6.07 Å². The molecular formula is C17H13ClN6O2. The van der Waals surface area contributed by atoms with E-state index in [-0.39, 0.29) is 23.5 Å². The molecule has 26 heavy (non-hydrogen) atoms. The third-order valence-corrected chi connectivity index (χ3v) is 4.78. The maximum Gasteiger partial charge on any atom is 0.332 e. The van der Waals surface area contributed by atoms with E-state index in [1.54, 1.807) is 13.1 Å². The highest BCUT2D eigenvalue weighted by molar-refractivity contribution is 6.35. The van der Waals surface area contributed by atoms with Crippen LogP contribution in [-0.2, 0) is 20.6 Å². The van der Waals surface area contributed by atoms with E-state index in [0.717, 1.165) is 15.5 Å². The number of H-pyrrole nitrogens is 1. The second-order valence-corrected chi connectivity index (χ2v) is 6.41. The quantitative estimate of drug-likeness (QED) is 0.579. The normalized spacial score (nSPS) is 11.3. The molecule has 0 aliphatic carbocycles. The molecule has 0 saturated carbocycles. The zero-order valence-electron chi connectivity index (χ0n) is 13.9. The predicted molar refractivity (Wildman–Crippen MR) is 97.3 cm³/mol. The molecule has 0 aliphatic rings. The van der Waals surface area contributed by atoms with E-state index in [9.17, 15) is 9.59 Å². The topological polar surface area (TPSA) is 101 Å². The van der Waals surface area contributed by atoms with Crippen LogP contribution < -0.4 is 11.2 Å². The fourth-order valence-corrected chi connectivity index (χ4v) is 3.34. The van der Waals surface area contributed by atoms with Gasteiger partial charge in [0, 0.05) is 35.7 Å². The Bertz CT molecular complexity index is 1350. The SMILES string of the molecule is Cn1c(C#N)nc2c1c(=O)n(Cc1cc3c(Cl)cccc3[nH]1)c(=O)n2C. The van der Waals surface area contributed by atoms with Crippen LogP contribution in [0.2, 0.25) is 5.02 Å². The molecule has 0 amide bonds. The number of fused-ring (bicyclic) bond motifs is 2. The molecule has 0 spiro atoms. The summed E-state index contributed by atoms with van der Waals surface area (Å²) in [7, 11) is 3.10. The van der Waals surface area contributed by atoms with Crippen LogP contribution in [0.3, 0.4) is 0 Å². The number of halogens is 1. The van der Waals surface area contributed by atoms with E-state index in [0.29, 0.717) is 10.7 Å². The van der Waals surface area contributed by atoms with Crippen molar-refractivity contribution in [2.24, 2.45) is 14.1 Å². The predicted octanol–water partition coefficient (Wildman–Crippen LogP) is 1.49. The summed E-state index contributed by atoms with van der Waals surface area (Å²) >= 11 is 6.18. The first-order chi connectivity index (χ1) is 12.4. The van der Waals surface area contributed by atoms with Crippen molar-refractivity contribution >= 4 is 33.7 Å². The van der Waals surface area contributed by atoms with Crippen LogP contribution in [0.1, 0.15) is 11.5 Å². The van der Waals surface area contributed by atoms with Gasteiger partial charge in [-0.15, -0.1) is 0 Å². The Morgan fingerprint density at radius 1 is 1.27 bits per heavy atom. The molecule has 0 aliphatic heterocycles. The molecule has 4 aromatic rings. The highest BCUT2D eigenvalue weighted by Gasteiger charge is 2.19. The van der Waals surface area contributed by atoms with Gasteiger partial charge < -0.3 is 9.55 Å². The van der Waals surface area contributed by atoms with E-state index in [1.165, 1.54) is 16.2 Å². The highest BCUT2D eigenvalue weighted by atomic mass is 35.5. The van der Waals surface area contributed by atoms with Crippen LogP contribution in [0.15, 0.2) is 33.9 Å². The summed E-state index contributed by atoms with van der Waals surface area (Å²) in [6, 6.07) is 9.20. The molecule has 3 aromatic heterocycles. The minimum atomic E-state index is -0.505. The lowest BCUT2D eigenvalue weighted by Crippen LogP contribution is -2.39. The maximum absolute atomic E-state index is 12.9. The average Bonchev–Trinajstić information content (AvgIpc) is 3.18. The first kappa shape index (κ1) is 16.2. The first-order valence-corrected chi connectivity index (χ1v) is 8.12. The zero-order chi connectivity index (χ0) is 18.6. The molecule has 0 fully saturated rings. The smallest absolute Gasteiger partial charge is 0.332 e. The van der Waals surface area contributed by atoms with Gasteiger partial charge in [-0.1, -0.05) is 17.7 Å². The van der Waals surface area contributed by atoms with E-state index < -0.39 is 11.2 Å². The fraction of sp³-hybridized carbons (Fsp3) is 0.176. The average molecular weight is 369 g/mol. The van der Waals surface area contributed by atoms with Crippen molar-refractivity contribution < 1.29 is 0 Å². The number of hydrogen-bond donors (Lipinski definition) is 1. The summed E-state index contributed by atoms with van der Waals surface area (Å²) in [6.07, 6.45) is 0. The monoisotopic (exact) mass is 368 g/mol. The van der Waals surface area contributed by atoms with Gasteiger partial charge in [-0.05, 0) is 18.2 Å². The molecule has 0 atom stereocenters. The van der Waals surface area contributed by atoms with Gasteiger partial charge in [0.2, 0.25) is 5.82 Å². The van der Waals surface area contributed by atoms with E-state index >= 15 is 0 Å². The van der Waals surface area contributed by atoms with Crippen LogP contribution in [0.4, 0.5) is 0 Å². The summed E-state index contributed by atoms with van der Waals surface area (Å²) < 4.78 is 3.78. The molecule has 1 N–H and O–H groups in total. The highest BCUT2D eigenvalue weighted by Crippen LogP contribution is 2.24. The molecule has 1 aromatic carbocycles. The minimum Gasteiger partial charge on any atom is -0.357 e. The lowest BCUT2D eigenvalue weighted by atomic mass is 10.2. The van der Waals surface area contributed by atoms with Gasteiger partial charge in [-0.3, -0.25) is 13.9 Å². The van der Waals surface area contributed by atoms with Gasteiger partial charge >= 0.3 is 5.69 Å². The molecule has 0 unspecified atom stereocenters. The molecule has 4 rings (SSSR count). The lowest BCUT2D eigenvalue weighted by molar-refractivity contribution is 0.648. The summed E-state index contributed by atoms with van der Waals surface area (Å²) in [5.41, 5.74) is 0.895. The van der Waals surface area contributed by atoms with Crippen molar-refractivity contribution in [1.29, 1.82) is 5.26 Å². The standard InChI is InChI=1S/C17H13ClN6O2/c1-22-13(7-19)21-15-14(22)16(25)24(17(26)23(15)2)8-9-6-10-11(18)4-3-5-12(10)20-9/h3-6,20H,8H2,1-2H3. The molecule has 8 nitrogen and oxygen atoms in total. The Balaban J connectivity index is 1.95. The number of nitrogens with one attached hydrogen (secondary N) is 1. The first-order valence-electron chi connectivity index (χ1n) is 7.75. The molecule has 0 radical (unpaired) electrons. The van der Waals surface area contributed by atoms with Crippen molar-refractivity contribution in [3.05, 3.63) is 61.6 Å². The van der Waals surface area contributed by atoms with Gasteiger partial charge in [0.15, 0.2) is 11.2 Å². The van der Waals surface area contributed by atoms with E-state index in [2.05, 4.69) is 9.97 Å². The molecule has 0 saturated heterocycles. The van der Waals surface area contributed by atoms with E-state index in [4.69, 9.17) is 16.9 Å². The molecular weight excluding hydrogens is 356 g/mol. The van der Waals surface area contributed by atoms with Gasteiger partial charge in [0.05, 0.1) is 6.54 Å². The minimum absolute atomic E-state index is 0.0551. The van der Waals surface area contributed by atoms with Crippen LogP contribution in [0, 0.1) is 11.3 Å². The fourth-order valence-electron chi connectivity index (χ4n) is 3.11. The maximum atomic E-state index is 12.9. The van der Waals surface area contributed by atoms with Gasteiger partial charge in [-0.25, -0.2) is 9.78 Å². The Hall–Kier alpha value is -3.31. The number of nitriles is 1. The van der Waals surface area contributed by atoms with Gasteiger partial charge in [-0.2, -0.15) is 5.26 Å².